The minimum atomic E-state index is 0.152. The molecule has 0 unspecified atom stereocenters. The highest BCUT2D eigenvalue weighted by Crippen LogP contribution is 2.07. The second-order valence-electron chi connectivity index (χ2n) is 3.30. The summed E-state index contributed by atoms with van der Waals surface area (Å²) >= 11 is 1.40. The number of nitrogens with zero attached hydrogens (tertiary/aromatic N) is 2. The van der Waals surface area contributed by atoms with Gasteiger partial charge < -0.3 is 0 Å². The van der Waals surface area contributed by atoms with Gasteiger partial charge in [-0.25, -0.2) is 0 Å². The first-order chi connectivity index (χ1) is 6.11. The summed E-state index contributed by atoms with van der Waals surface area (Å²) < 4.78 is 0. The molecule has 0 aliphatic carbocycles. The molecule has 13 heavy (non-hydrogen) atoms. The lowest BCUT2D eigenvalue weighted by Crippen LogP contribution is -2.31. The largest absolute Gasteiger partial charge is 0.296 e. The van der Waals surface area contributed by atoms with Crippen molar-refractivity contribution in [3.05, 3.63) is 16.6 Å². The van der Waals surface area contributed by atoms with Crippen molar-refractivity contribution in [2.24, 2.45) is 0 Å². The summed E-state index contributed by atoms with van der Waals surface area (Å²) in [4.78, 5) is 18.2. The summed E-state index contributed by atoms with van der Waals surface area (Å²) in [5, 5.41) is 0. The molecule has 0 saturated heterocycles. The van der Waals surface area contributed by atoms with Crippen LogP contribution >= 0.6 is 11.3 Å². The van der Waals surface area contributed by atoms with Crippen molar-refractivity contribution in [3.63, 3.8) is 0 Å². The predicted molar refractivity (Wildman–Crippen MR) is 54.2 cm³/mol. The Kier molecular flexibility index (Phi) is 3.57. The molecule has 0 spiro atoms. The van der Waals surface area contributed by atoms with Gasteiger partial charge in [0.2, 0.25) is 0 Å². The Labute approximate surface area is 82.4 Å². The van der Waals surface area contributed by atoms with Crippen LogP contribution in [-0.2, 0) is 0 Å². The van der Waals surface area contributed by atoms with Crippen LogP contribution in [0.1, 0.15) is 23.5 Å². The lowest BCUT2D eigenvalue weighted by atomic mass is 10.3. The fraction of sp³-hybridized carbons (Fsp3) is 0.556. The second-order valence-corrected chi connectivity index (χ2v) is 4.18. The van der Waals surface area contributed by atoms with E-state index in [1.807, 2.05) is 11.9 Å². The van der Waals surface area contributed by atoms with Crippen molar-refractivity contribution in [1.82, 2.24) is 9.88 Å². The van der Waals surface area contributed by atoms with Gasteiger partial charge in [0.25, 0.3) is 0 Å². The van der Waals surface area contributed by atoms with Gasteiger partial charge >= 0.3 is 0 Å². The molecule has 4 heteroatoms. The van der Waals surface area contributed by atoms with Gasteiger partial charge in [-0.05, 0) is 20.9 Å². The van der Waals surface area contributed by atoms with Gasteiger partial charge in [-0.15, -0.1) is 11.3 Å². The van der Waals surface area contributed by atoms with Gasteiger partial charge in [0.15, 0.2) is 5.78 Å². The molecule has 1 aromatic heterocycles. The summed E-state index contributed by atoms with van der Waals surface area (Å²) in [5.74, 6) is 0.152. The van der Waals surface area contributed by atoms with E-state index in [4.69, 9.17) is 0 Å². The number of likely N-dealkylation sites (N-methyl/N-ethyl adjacent to an activating group) is 1. The van der Waals surface area contributed by atoms with Gasteiger partial charge in [-0.3, -0.25) is 14.7 Å². The number of carbonyl (C=O) groups is 1. The zero-order chi connectivity index (χ0) is 9.84. The molecule has 1 heterocycles. The maximum absolute atomic E-state index is 11.5. The molecule has 0 aromatic carbocycles. The molecule has 0 saturated carbocycles. The molecule has 0 aliphatic rings. The van der Waals surface area contributed by atoms with Gasteiger partial charge in [0, 0.05) is 12.2 Å². The van der Waals surface area contributed by atoms with Crippen molar-refractivity contribution in [2.45, 2.75) is 19.9 Å². The molecule has 0 amide bonds. The van der Waals surface area contributed by atoms with E-state index >= 15 is 0 Å². The van der Waals surface area contributed by atoms with E-state index in [2.05, 4.69) is 18.8 Å². The van der Waals surface area contributed by atoms with Crippen LogP contribution in [0.5, 0.6) is 0 Å². The molecule has 0 fully saturated rings. The zero-order valence-corrected chi connectivity index (χ0v) is 8.97. The first-order valence-electron chi connectivity index (χ1n) is 4.23. The molecular weight excluding hydrogens is 184 g/mol. The quantitative estimate of drug-likeness (QED) is 0.690. The SMILES string of the molecule is CC(C)N(C)CC(=O)c1cncs1. The summed E-state index contributed by atoms with van der Waals surface area (Å²) in [6, 6.07) is 0.400. The zero-order valence-electron chi connectivity index (χ0n) is 8.15. The number of thiazole rings is 1. The van der Waals surface area contributed by atoms with Gasteiger partial charge in [-0.2, -0.15) is 0 Å². The van der Waals surface area contributed by atoms with E-state index in [0.717, 1.165) is 4.88 Å². The van der Waals surface area contributed by atoms with E-state index in [1.54, 1.807) is 11.7 Å². The topological polar surface area (TPSA) is 33.2 Å². The average Bonchev–Trinajstić information content (AvgIpc) is 2.55. The highest BCUT2D eigenvalue weighted by molar-refractivity contribution is 7.11. The number of rotatable bonds is 4. The molecule has 72 valence electrons. The first-order valence-corrected chi connectivity index (χ1v) is 5.11. The van der Waals surface area contributed by atoms with Gasteiger partial charge in [0.1, 0.15) is 0 Å². The molecule has 1 rings (SSSR count). The number of Topliss-reactive ketones (excluding diaryl/α,β-unsaturated/α-hetero) is 1. The Morgan fingerprint density at radius 3 is 2.85 bits per heavy atom. The Morgan fingerprint density at radius 2 is 2.38 bits per heavy atom. The minimum absolute atomic E-state index is 0.152. The number of hydrogen-bond acceptors (Lipinski definition) is 4. The van der Waals surface area contributed by atoms with Crippen LogP contribution in [0.15, 0.2) is 11.7 Å². The highest BCUT2D eigenvalue weighted by atomic mass is 32.1. The fourth-order valence-corrected chi connectivity index (χ4v) is 1.39. The van der Waals surface area contributed by atoms with Crippen molar-refractivity contribution in [1.29, 1.82) is 0 Å². The van der Waals surface area contributed by atoms with Crippen LogP contribution in [0.2, 0.25) is 0 Å². The van der Waals surface area contributed by atoms with Gasteiger partial charge in [-0.1, -0.05) is 0 Å². The third-order valence-electron chi connectivity index (χ3n) is 1.98. The maximum Gasteiger partial charge on any atom is 0.188 e. The third-order valence-corrected chi connectivity index (χ3v) is 2.80. The van der Waals surface area contributed by atoms with Crippen molar-refractivity contribution in [2.75, 3.05) is 13.6 Å². The van der Waals surface area contributed by atoms with Gasteiger partial charge in [0.05, 0.1) is 16.9 Å². The highest BCUT2D eigenvalue weighted by Gasteiger charge is 2.12. The predicted octanol–water partition coefficient (Wildman–Crippen LogP) is 1.67. The molecule has 0 bridgehead atoms. The van der Waals surface area contributed by atoms with Crippen molar-refractivity contribution in [3.8, 4) is 0 Å². The smallest absolute Gasteiger partial charge is 0.188 e. The molecule has 1 aromatic rings. The van der Waals surface area contributed by atoms with Crippen LogP contribution < -0.4 is 0 Å². The second kappa shape index (κ2) is 4.48. The maximum atomic E-state index is 11.5. The van der Waals surface area contributed by atoms with Crippen LogP contribution in [0, 0.1) is 0 Å². The summed E-state index contributed by atoms with van der Waals surface area (Å²) in [6.45, 7) is 4.61. The number of ketones is 1. The lowest BCUT2D eigenvalue weighted by Gasteiger charge is -2.19. The molecule has 0 atom stereocenters. The van der Waals surface area contributed by atoms with E-state index in [-0.39, 0.29) is 5.78 Å². The van der Waals surface area contributed by atoms with E-state index in [9.17, 15) is 4.79 Å². The third kappa shape index (κ3) is 2.90. The molecule has 0 radical (unpaired) electrons. The molecule has 0 aliphatic heterocycles. The molecule has 3 nitrogen and oxygen atoms in total. The number of hydrogen-bond donors (Lipinski definition) is 0. The Balaban J connectivity index is 2.52. The lowest BCUT2D eigenvalue weighted by molar-refractivity contribution is 0.0933. The summed E-state index contributed by atoms with van der Waals surface area (Å²) in [7, 11) is 1.95. The van der Waals surface area contributed by atoms with Crippen LogP contribution in [-0.4, -0.2) is 35.3 Å². The van der Waals surface area contributed by atoms with Crippen LogP contribution in [0.3, 0.4) is 0 Å². The van der Waals surface area contributed by atoms with E-state index in [1.165, 1.54) is 11.3 Å². The summed E-state index contributed by atoms with van der Waals surface area (Å²) in [5.41, 5.74) is 1.68. The molecule has 0 N–H and O–H groups in total. The fourth-order valence-electron chi connectivity index (χ4n) is 0.840. The standard InChI is InChI=1S/C9H14N2OS/c1-7(2)11(3)5-8(12)9-4-10-6-13-9/h4,6-7H,5H2,1-3H3. The van der Waals surface area contributed by atoms with E-state index in [0.29, 0.717) is 12.6 Å². The minimum Gasteiger partial charge on any atom is -0.296 e. The monoisotopic (exact) mass is 198 g/mol. The van der Waals surface area contributed by atoms with E-state index < -0.39 is 0 Å². The average molecular weight is 198 g/mol. The first kappa shape index (κ1) is 10.3. The Bertz CT molecular complexity index is 269. The summed E-state index contributed by atoms with van der Waals surface area (Å²) in [6.07, 6.45) is 1.63. The van der Waals surface area contributed by atoms with Crippen molar-refractivity contribution < 1.29 is 4.79 Å². The Hall–Kier alpha value is -0.740. The number of aromatic nitrogens is 1. The molecular formula is C9H14N2OS. The van der Waals surface area contributed by atoms with Crippen LogP contribution in [0.4, 0.5) is 0 Å². The number of carbonyl (C=O) groups excluding carboxylic acids is 1. The Morgan fingerprint density at radius 1 is 1.69 bits per heavy atom. The van der Waals surface area contributed by atoms with Crippen molar-refractivity contribution >= 4 is 17.1 Å². The van der Waals surface area contributed by atoms with Crippen LogP contribution in [0.25, 0.3) is 0 Å². The normalized spacial score (nSPS) is 11.2.